The highest BCUT2D eigenvalue weighted by atomic mass is 32.2. The van der Waals surface area contributed by atoms with Crippen molar-refractivity contribution in [2.24, 2.45) is 5.14 Å². The smallest absolute Gasteiger partial charge is 0.241 e. The van der Waals surface area contributed by atoms with Crippen molar-refractivity contribution in [1.29, 1.82) is 0 Å². The third-order valence-electron chi connectivity index (χ3n) is 3.39. The molecule has 6 nitrogen and oxygen atoms in total. The summed E-state index contributed by atoms with van der Waals surface area (Å²) in [6.07, 6.45) is 2.88. The average Bonchev–Trinajstić information content (AvgIpc) is 2.40. The Kier molecular flexibility index (Phi) is 4.42. The number of carbonyl (C=O) groups excluding carboxylic acids is 1. The molecule has 1 aromatic carbocycles. The van der Waals surface area contributed by atoms with Crippen molar-refractivity contribution in [3.05, 3.63) is 23.8 Å². The van der Waals surface area contributed by atoms with E-state index in [0.29, 0.717) is 11.3 Å². The first kappa shape index (κ1) is 15.0. The van der Waals surface area contributed by atoms with Gasteiger partial charge in [-0.25, -0.2) is 13.6 Å². The summed E-state index contributed by atoms with van der Waals surface area (Å²) in [7, 11) is -3.78. The minimum absolute atomic E-state index is 0.0342. The second-order valence-corrected chi connectivity index (χ2v) is 6.55. The molecular weight excluding hydrogens is 278 g/mol. The summed E-state index contributed by atoms with van der Waals surface area (Å²) in [5, 5.41) is 11.0. The van der Waals surface area contributed by atoms with Crippen LogP contribution < -0.4 is 15.8 Å². The van der Waals surface area contributed by atoms with Crippen LogP contribution in [0.1, 0.15) is 24.8 Å². The molecule has 0 saturated carbocycles. The van der Waals surface area contributed by atoms with E-state index in [2.05, 4.69) is 10.6 Å². The highest BCUT2D eigenvalue weighted by Crippen LogP contribution is 2.19. The van der Waals surface area contributed by atoms with Crippen molar-refractivity contribution in [1.82, 2.24) is 5.32 Å². The lowest BCUT2D eigenvalue weighted by molar-refractivity contribution is -0.118. The fourth-order valence-corrected chi connectivity index (χ4v) is 3.10. The van der Waals surface area contributed by atoms with Crippen molar-refractivity contribution in [2.75, 3.05) is 11.9 Å². The summed E-state index contributed by atoms with van der Waals surface area (Å²) in [5.41, 5.74) is 0.998. The first-order valence-electron chi connectivity index (χ1n) is 6.55. The van der Waals surface area contributed by atoms with Gasteiger partial charge in [0, 0.05) is 5.69 Å². The molecule has 1 heterocycles. The van der Waals surface area contributed by atoms with E-state index in [4.69, 9.17) is 5.14 Å². The maximum absolute atomic E-state index is 12.1. The maximum atomic E-state index is 12.1. The van der Waals surface area contributed by atoms with E-state index < -0.39 is 10.0 Å². The Balaban J connectivity index is 2.15. The number of amides is 1. The molecule has 0 radical (unpaired) electrons. The number of hydrogen-bond acceptors (Lipinski definition) is 4. The standard InChI is InChI=1S/C13H19N3O3S/c1-9-5-6-10(8-12(9)20(14,18)19)16-13(17)11-4-2-3-7-15-11/h5-6,8,11,15H,2-4,7H2,1H3,(H,16,17)(H2,14,18,19). The van der Waals surface area contributed by atoms with Crippen molar-refractivity contribution in [2.45, 2.75) is 37.1 Å². The zero-order valence-corrected chi connectivity index (χ0v) is 12.2. The molecular formula is C13H19N3O3S. The van der Waals surface area contributed by atoms with Crippen LogP contribution in [0.3, 0.4) is 0 Å². The van der Waals surface area contributed by atoms with Gasteiger partial charge in [-0.05, 0) is 44.0 Å². The van der Waals surface area contributed by atoms with Crippen molar-refractivity contribution in [3.8, 4) is 0 Å². The first-order chi connectivity index (χ1) is 9.38. The SMILES string of the molecule is Cc1ccc(NC(=O)C2CCCCN2)cc1S(N)(=O)=O. The number of hydrogen-bond donors (Lipinski definition) is 3. The fraction of sp³-hybridized carbons (Fsp3) is 0.462. The highest BCUT2D eigenvalue weighted by Gasteiger charge is 2.21. The molecule has 0 aliphatic carbocycles. The molecule has 2 rings (SSSR count). The van der Waals surface area contributed by atoms with E-state index in [1.165, 1.54) is 6.07 Å². The Labute approximate surface area is 118 Å². The molecule has 1 saturated heterocycles. The molecule has 110 valence electrons. The van der Waals surface area contributed by atoms with Crippen molar-refractivity contribution in [3.63, 3.8) is 0 Å². The molecule has 0 aromatic heterocycles. The molecule has 0 bridgehead atoms. The Morgan fingerprint density at radius 1 is 1.40 bits per heavy atom. The van der Waals surface area contributed by atoms with Crippen molar-refractivity contribution >= 4 is 21.6 Å². The lowest BCUT2D eigenvalue weighted by Gasteiger charge is -2.22. The highest BCUT2D eigenvalue weighted by molar-refractivity contribution is 7.89. The van der Waals surface area contributed by atoms with Crippen LogP contribution in [-0.2, 0) is 14.8 Å². The molecule has 1 aromatic rings. The number of piperidine rings is 1. The van der Waals surface area contributed by atoms with E-state index in [-0.39, 0.29) is 16.8 Å². The molecule has 1 aliphatic heterocycles. The molecule has 7 heteroatoms. The third kappa shape index (κ3) is 3.56. The second-order valence-electron chi connectivity index (χ2n) is 5.02. The normalized spacial score (nSPS) is 19.6. The molecule has 1 amide bonds. The van der Waals surface area contributed by atoms with E-state index in [1.54, 1.807) is 19.1 Å². The Bertz CT molecular complexity index is 607. The summed E-state index contributed by atoms with van der Waals surface area (Å²) in [6.45, 7) is 2.49. The van der Waals surface area contributed by atoms with Gasteiger partial charge in [0.2, 0.25) is 15.9 Å². The molecule has 1 atom stereocenters. The summed E-state index contributed by atoms with van der Waals surface area (Å²) in [6, 6.07) is 4.47. The number of anilines is 1. The lowest BCUT2D eigenvalue weighted by Crippen LogP contribution is -2.43. The van der Waals surface area contributed by atoms with Crippen molar-refractivity contribution < 1.29 is 13.2 Å². The molecule has 1 unspecified atom stereocenters. The predicted octanol–water partition coefficient (Wildman–Crippen LogP) is 0.723. The Hall–Kier alpha value is -1.44. The van der Waals surface area contributed by atoms with Crippen LogP contribution in [0.25, 0.3) is 0 Å². The van der Waals surface area contributed by atoms with E-state index in [0.717, 1.165) is 25.8 Å². The summed E-state index contributed by atoms with van der Waals surface area (Å²) in [5.74, 6) is -0.145. The fourth-order valence-electron chi connectivity index (χ4n) is 2.29. The molecule has 4 N–H and O–H groups in total. The van der Waals surface area contributed by atoms with Crippen LogP contribution in [0.15, 0.2) is 23.1 Å². The van der Waals surface area contributed by atoms with Gasteiger partial charge in [0.1, 0.15) is 0 Å². The van der Waals surface area contributed by atoms with Gasteiger partial charge in [-0.2, -0.15) is 0 Å². The lowest BCUT2D eigenvalue weighted by atomic mass is 10.0. The van der Waals surface area contributed by atoms with Gasteiger partial charge in [0.15, 0.2) is 0 Å². The van der Waals surface area contributed by atoms with Gasteiger partial charge in [0.05, 0.1) is 10.9 Å². The number of primary sulfonamides is 1. The monoisotopic (exact) mass is 297 g/mol. The molecule has 0 spiro atoms. The van der Waals surface area contributed by atoms with E-state index in [9.17, 15) is 13.2 Å². The molecule has 1 fully saturated rings. The van der Waals surface area contributed by atoms with Gasteiger partial charge in [0.25, 0.3) is 0 Å². The zero-order valence-electron chi connectivity index (χ0n) is 11.3. The largest absolute Gasteiger partial charge is 0.325 e. The van der Waals surface area contributed by atoms with Gasteiger partial charge in [-0.15, -0.1) is 0 Å². The van der Waals surface area contributed by atoms with E-state index in [1.807, 2.05) is 0 Å². The minimum atomic E-state index is -3.78. The Morgan fingerprint density at radius 3 is 2.75 bits per heavy atom. The predicted molar refractivity (Wildman–Crippen MR) is 76.8 cm³/mol. The third-order valence-corrected chi connectivity index (χ3v) is 4.44. The molecule has 1 aliphatic rings. The van der Waals surface area contributed by atoms with Gasteiger partial charge in [-0.1, -0.05) is 12.5 Å². The van der Waals surface area contributed by atoms with E-state index >= 15 is 0 Å². The number of sulfonamides is 1. The second kappa shape index (κ2) is 5.90. The number of nitrogens with one attached hydrogen (secondary N) is 2. The van der Waals surface area contributed by atoms with Crippen LogP contribution in [0.5, 0.6) is 0 Å². The average molecular weight is 297 g/mol. The van der Waals surface area contributed by atoms with Gasteiger partial charge in [-0.3, -0.25) is 4.79 Å². The summed E-state index contributed by atoms with van der Waals surface area (Å²) in [4.78, 5) is 12.1. The van der Waals surface area contributed by atoms with Crippen LogP contribution in [0.2, 0.25) is 0 Å². The maximum Gasteiger partial charge on any atom is 0.241 e. The minimum Gasteiger partial charge on any atom is -0.325 e. The Morgan fingerprint density at radius 2 is 2.15 bits per heavy atom. The number of benzene rings is 1. The quantitative estimate of drug-likeness (QED) is 0.765. The van der Waals surface area contributed by atoms with Crippen LogP contribution >= 0.6 is 0 Å². The van der Waals surface area contributed by atoms with Crippen LogP contribution in [0, 0.1) is 6.92 Å². The number of rotatable bonds is 3. The number of carbonyl (C=O) groups is 1. The number of nitrogens with two attached hydrogens (primary N) is 1. The summed E-state index contributed by atoms with van der Waals surface area (Å²) >= 11 is 0. The van der Waals surface area contributed by atoms with Crippen LogP contribution in [-0.4, -0.2) is 26.9 Å². The van der Waals surface area contributed by atoms with Gasteiger partial charge >= 0.3 is 0 Å². The zero-order chi connectivity index (χ0) is 14.8. The first-order valence-corrected chi connectivity index (χ1v) is 8.10. The number of aryl methyl sites for hydroxylation is 1. The van der Waals surface area contributed by atoms with Gasteiger partial charge < -0.3 is 10.6 Å². The topological polar surface area (TPSA) is 101 Å². The molecule has 20 heavy (non-hydrogen) atoms. The summed E-state index contributed by atoms with van der Waals surface area (Å²) < 4.78 is 22.9. The van der Waals surface area contributed by atoms with Crippen LogP contribution in [0.4, 0.5) is 5.69 Å².